The second kappa shape index (κ2) is 14.3. The molecule has 0 aliphatic heterocycles. The number of anilines is 2. The summed E-state index contributed by atoms with van der Waals surface area (Å²) in [7, 11) is -2.21. The van der Waals surface area contributed by atoms with E-state index in [1.807, 2.05) is 49.5 Å². The molecule has 9 nitrogen and oxygen atoms in total. The Labute approximate surface area is 268 Å². The van der Waals surface area contributed by atoms with Crippen molar-refractivity contribution in [3.63, 3.8) is 0 Å². The third-order valence-corrected chi connectivity index (χ3v) is 9.83. The number of para-hydroxylation sites is 1. The summed E-state index contributed by atoms with van der Waals surface area (Å²) in [5, 5.41) is 4.38. The summed E-state index contributed by atoms with van der Waals surface area (Å²) in [5.41, 5.74) is 1.86. The van der Waals surface area contributed by atoms with Crippen molar-refractivity contribution < 1.29 is 26.3 Å². The quantitative estimate of drug-likeness (QED) is 0.171. The van der Waals surface area contributed by atoms with Gasteiger partial charge in [0, 0.05) is 54.9 Å². The lowest BCUT2D eigenvalue weighted by Crippen LogP contribution is -2.33. The molecule has 2 aromatic carbocycles. The third-order valence-electron chi connectivity index (χ3n) is 7.87. The molecular weight excluding hydrogens is 673 g/mol. The van der Waals surface area contributed by atoms with Crippen LogP contribution in [0.3, 0.4) is 0 Å². The van der Waals surface area contributed by atoms with Gasteiger partial charge >= 0.3 is 6.36 Å². The number of hydrogen-bond acceptors (Lipinski definition) is 8. The summed E-state index contributed by atoms with van der Waals surface area (Å²) in [6.45, 7) is 1.54. The molecule has 2 N–H and O–H groups in total. The fourth-order valence-corrected chi connectivity index (χ4v) is 7.02. The number of pyridine rings is 1. The molecule has 0 bridgehead atoms. The minimum Gasteiger partial charge on any atom is -0.404 e. The Balaban J connectivity index is 1.15. The average molecular weight is 708 g/mol. The van der Waals surface area contributed by atoms with Gasteiger partial charge in [0.15, 0.2) is 5.75 Å². The Morgan fingerprint density at radius 1 is 0.978 bits per heavy atom. The lowest BCUT2D eigenvalue weighted by atomic mass is 9.82. The first-order valence-corrected chi connectivity index (χ1v) is 16.9. The van der Waals surface area contributed by atoms with E-state index in [1.165, 1.54) is 6.07 Å². The summed E-state index contributed by atoms with van der Waals surface area (Å²) in [6.07, 6.45) is 0.841. The van der Waals surface area contributed by atoms with E-state index in [2.05, 4.69) is 40.6 Å². The van der Waals surface area contributed by atoms with Gasteiger partial charge < -0.3 is 15.0 Å². The normalized spacial score (nSPS) is 17.3. The highest BCUT2D eigenvalue weighted by Gasteiger charge is 2.34. The molecule has 0 saturated heterocycles. The maximum atomic E-state index is 12.9. The molecule has 1 fully saturated rings. The summed E-state index contributed by atoms with van der Waals surface area (Å²) in [4.78, 5) is 15.6. The fraction of sp³-hybridized carbons (Fsp3) is 0.387. The maximum absolute atomic E-state index is 12.9. The van der Waals surface area contributed by atoms with Crippen molar-refractivity contribution in [3.8, 4) is 5.75 Å². The minimum absolute atomic E-state index is 0.0646. The first-order valence-electron chi connectivity index (χ1n) is 14.6. The van der Waals surface area contributed by atoms with Crippen LogP contribution in [0.1, 0.15) is 31.4 Å². The monoisotopic (exact) mass is 706 g/mol. The topological polar surface area (TPSA) is 109 Å². The number of ether oxygens (including phenoxy) is 1. The van der Waals surface area contributed by atoms with Crippen LogP contribution < -0.4 is 19.7 Å². The van der Waals surface area contributed by atoms with E-state index in [0.717, 1.165) is 73.2 Å². The molecule has 14 heteroatoms. The maximum Gasteiger partial charge on any atom is 0.573 e. The lowest BCUT2D eigenvalue weighted by molar-refractivity contribution is -0.275. The second-order valence-corrected chi connectivity index (χ2v) is 13.8. The Morgan fingerprint density at radius 3 is 2.40 bits per heavy atom. The van der Waals surface area contributed by atoms with Crippen LogP contribution in [-0.2, 0) is 16.4 Å². The van der Waals surface area contributed by atoms with Crippen molar-refractivity contribution in [1.82, 2.24) is 19.7 Å². The number of fused-ring (bicyclic) bond motifs is 1. The number of hydrogen-bond donors (Lipinski definition) is 2. The molecule has 45 heavy (non-hydrogen) atoms. The van der Waals surface area contributed by atoms with Gasteiger partial charge in [0.2, 0.25) is 16.0 Å². The van der Waals surface area contributed by atoms with Gasteiger partial charge in [-0.05, 0) is 80.0 Å². The predicted octanol–water partition coefficient (Wildman–Crippen LogP) is 6.56. The van der Waals surface area contributed by atoms with E-state index in [4.69, 9.17) is 9.97 Å². The number of nitrogens with zero attached hydrogens (tertiary/aromatic N) is 4. The van der Waals surface area contributed by atoms with Crippen LogP contribution in [-0.4, -0.2) is 56.4 Å². The Morgan fingerprint density at radius 2 is 1.69 bits per heavy atom. The number of benzene rings is 2. The van der Waals surface area contributed by atoms with Crippen LogP contribution in [0, 0.1) is 11.8 Å². The number of aromatic nitrogens is 3. The average Bonchev–Trinajstić information content (AvgIpc) is 3.01. The zero-order chi connectivity index (χ0) is 32.0. The van der Waals surface area contributed by atoms with E-state index in [1.54, 1.807) is 6.20 Å². The molecule has 0 amide bonds. The van der Waals surface area contributed by atoms with Crippen LogP contribution in [0.2, 0.25) is 0 Å². The number of nitrogens with one attached hydrogen (secondary N) is 2. The van der Waals surface area contributed by atoms with Crippen molar-refractivity contribution >= 4 is 48.6 Å². The van der Waals surface area contributed by atoms with Gasteiger partial charge in [-0.2, -0.15) is 4.98 Å². The standard InChI is InChI=1S/C31H34BrF3N6O3S/c1-41(17-15-24-6-4-5-16-36-24)29-25-7-2-3-8-26(25)39-30(40-29)37-19-21-9-11-22(12-10-21)20-38-45(42,43)28-14-13-23(32)18-27(28)44-31(33,34)35/h2-8,13-14,16,18,21-22,38H,9-12,15,17,19-20H2,1H3,(H,37,39,40). The van der Waals surface area contributed by atoms with Gasteiger partial charge in [-0.1, -0.05) is 34.1 Å². The van der Waals surface area contributed by atoms with Crippen molar-refractivity contribution in [2.45, 2.75) is 43.4 Å². The second-order valence-electron chi connectivity index (χ2n) is 11.1. The third kappa shape index (κ3) is 9.04. The molecule has 0 unspecified atom stereocenters. The van der Waals surface area contributed by atoms with Gasteiger partial charge in [-0.15, -0.1) is 13.2 Å². The van der Waals surface area contributed by atoms with Crippen molar-refractivity contribution in [3.05, 3.63) is 77.0 Å². The Hall–Kier alpha value is -3.49. The van der Waals surface area contributed by atoms with E-state index in [0.29, 0.717) is 18.4 Å². The molecule has 1 aliphatic carbocycles. The number of sulfonamides is 1. The Bertz CT molecular complexity index is 1700. The molecule has 1 aliphatic rings. The highest BCUT2D eigenvalue weighted by Crippen LogP contribution is 2.33. The number of rotatable bonds is 12. The van der Waals surface area contributed by atoms with Crippen molar-refractivity contribution in [2.75, 3.05) is 36.9 Å². The molecule has 1 saturated carbocycles. The predicted molar refractivity (Wildman–Crippen MR) is 171 cm³/mol. The van der Waals surface area contributed by atoms with Crippen LogP contribution in [0.25, 0.3) is 10.9 Å². The molecule has 5 rings (SSSR count). The van der Waals surface area contributed by atoms with Crippen molar-refractivity contribution in [2.24, 2.45) is 11.8 Å². The van der Waals surface area contributed by atoms with Crippen molar-refractivity contribution in [1.29, 1.82) is 0 Å². The highest BCUT2D eigenvalue weighted by atomic mass is 79.9. The van der Waals surface area contributed by atoms with Crippen LogP contribution >= 0.6 is 15.9 Å². The van der Waals surface area contributed by atoms with Gasteiger partial charge in [-0.25, -0.2) is 18.1 Å². The van der Waals surface area contributed by atoms with Crippen LogP contribution in [0.15, 0.2) is 76.2 Å². The summed E-state index contributed by atoms with van der Waals surface area (Å²) in [6, 6.07) is 17.2. The van der Waals surface area contributed by atoms with Gasteiger partial charge in [-0.3, -0.25) is 4.98 Å². The SMILES string of the molecule is CN(CCc1ccccn1)c1nc(NCC2CCC(CNS(=O)(=O)c3ccc(Br)cc3OC(F)(F)F)CC2)nc2ccccc12. The summed E-state index contributed by atoms with van der Waals surface area (Å²) < 4.78 is 71.1. The minimum atomic E-state index is -5.02. The molecule has 0 atom stereocenters. The first kappa shape index (κ1) is 32.9. The fourth-order valence-electron chi connectivity index (χ4n) is 5.45. The molecule has 0 radical (unpaired) electrons. The zero-order valence-electron chi connectivity index (χ0n) is 24.6. The van der Waals surface area contributed by atoms with Crippen LogP contribution in [0.5, 0.6) is 5.75 Å². The van der Waals surface area contributed by atoms with E-state index in [-0.39, 0.29) is 16.9 Å². The molecule has 2 heterocycles. The van der Waals surface area contributed by atoms with Gasteiger partial charge in [0.05, 0.1) is 5.52 Å². The largest absolute Gasteiger partial charge is 0.573 e. The Kier molecular flexibility index (Phi) is 10.4. The van der Waals surface area contributed by atoms with E-state index >= 15 is 0 Å². The highest BCUT2D eigenvalue weighted by molar-refractivity contribution is 9.10. The molecule has 4 aromatic rings. The molecular formula is C31H34BrF3N6O3S. The van der Waals surface area contributed by atoms with Gasteiger partial charge in [0.1, 0.15) is 10.7 Å². The number of alkyl halides is 3. The van der Waals surface area contributed by atoms with E-state index < -0.39 is 27.0 Å². The molecule has 2 aromatic heterocycles. The number of halogens is 4. The van der Waals surface area contributed by atoms with Gasteiger partial charge in [0.25, 0.3) is 0 Å². The first-order chi connectivity index (χ1) is 21.5. The lowest BCUT2D eigenvalue weighted by Gasteiger charge is -2.29. The van der Waals surface area contributed by atoms with E-state index in [9.17, 15) is 21.6 Å². The summed E-state index contributed by atoms with van der Waals surface area (Å²) in [5.74, 6) is 1.02. The smallest absolute Gasteiger partial charge is 0.404 e. The zero-order valence-corrected chi connectivity index (χ0v) is 27.0. The van der Waals surface area contributed by atoms with Crippen LogP contribution in [0.4, 0.5) is 24.9 Å². The molecule has 0 spiro atoms. The number of likely N-dealkylation sites (N-methyl/N-ethyl adjacent to an activating group) is 1. The molecule has 240 valence electrons. The summed E-state index contributed by atoms with van der Waals surface area (Å²) >= 11 is 3.06.